The van der Waals surface area contributed by atoms with Crippen molar-refractivity contribution >= 4 is 5.78 Å². The number of ketones is 1. The molecule has 0 unspecified atom stereocenters. The van der Waals surface area contributed by atoms with Crippen LogP contribution in [0.25, 0.3) is 0 Å². The zero-order chi connectivity index (χ0) is 13.7. The van der Waals surface area contributed by atoms with Gasteiger partial charge in [0.1, 0.15) is 17.1 Å². The van der Waals surface area contributed by atoms with Gasteiger partial charge >= 0.3 is 5.63 Å². The summed E-state index contributed by atoms with van der Waals surface area (Å²) in [5.74, 6) is -0.0701. The fraction of sp³-hybridized carbons (Fsp3) is 0.600. The average Bonchev–Trinajstić information content (AvgIpc) is 2.35. The average molecular weight is 264 g/mol. The molecule has 3 rings (SSSR count). The summed E-state index contributed by atoms with van der Waals surface area (Å²) in [6.07, 6.45) is 8.24. The molecule has 1 aromatic heterocycles. The van der Waals surface area contributed by atoms with E-state index < -0.39 is 5.63 Å². The van der Waals surface area contributed by atoms with Crippen LogP contribution < -0.4 is 5.63 Å². The van der Waals surface area contributed by atoms with Crippen LogP contribution in [0.2, 0.25) is 0 Å². The molecule has 0 aromatic carbocycles. The summed E-state index contributed by atoms with van der Waals surface area (Å²) in [6, 6.07) is 1.42. The molecule has 1 aromatic rings. The van der Waals surface area contributed by atoms with Crippen molar-refractivity contribution in [1.82, 2.24) is 0 Å². The lowest BCUT2D eigenvalue weighted by molar-refractivity contribution is 0.0971. The number of carbonyl (C=O) groups excluding carboxylic acids is 1. The standard InChI is InChI=1S/C15H20O4/c16-12-9-7-5-3-1-2-4-6-8-11-10-13(17)14(12)15(18)19-11/h10,17H,1-9H2. The zero-order valence-corrected chi connectivity index (χ0v) is 11.1. The fourth-order valence-electron chi connectivity index (χ4n) is 2.50. The van der Waals surface area contributed by atoms with Crippen molar-refractivity contribution < 1.29 is 14.3 Å². The SMILES string of the molecule is O=C1CCCCCCCCCc2cc(O)c1c(=O)o2. The van der Waals surface area contributed by atoms with Crippen LogP contribution in [0.5, 0.6) is 5.75 Å². The van der Waals surface area contributed by atoms with Gasteiger partial charge < -0.3 is 9.52 Å². The second kappa shape index (κ2) is 6.55. The Morgan fingerprint density at radius 3 is 2.11 bits per heavy atom. The summed E-state index contributed by atoms with van der Waals surface area (Å²) in [7, 11) is 0. The van der Waals surface area contributed by atoms with Crippen LogP contribution >= 0.6 is 0 Å². The van der Waals surface area contributed by atoms with Gasteiger partial charge in [-0.3, -0.25) is 4.79 Å². The van der Waals surface area contributed by atoms with Crippen molar-refractivity contribution in [3.8, 4) is 5.75 Å². The quantitative estimate of drug-likeness (QED) is 0.781. The second-order valence-corrected chi connectivity index (χ2v) is 5.16. The van der Waals surface area contributed by atoms with Crippen LogP contribution in [0.3, 0.4) is 0 Å². The molecular formula is C15H20O4. The smallest absolute Gasteiger partial charge is 0.350 e. The molecule has 1 aliphatic heterocycles. The first-order chi connectivity index (χ1) is 9.18. The van der Waals surface area contributed by atoms with E-state index in [0.29, 0.717) is 18.6 Å². The number of hydrogen-bond acceptors (Lipinski definition) is 4. The molecule has 0 amide bonds. The maximum atomic E-state index is 11.9. The number of rotatable bonds is 0. The molecule has 19 heavy (non-hydrogen) atoms. The first kappa shape index (κ1) is 13.8. The molecule has 104 valence electrons. The Labute approximate surface area is 112 Å². The van der Waals surface area contributed by atoms with E-state index in [1.165, 1.54) is 18.9 Å². The van der Waals surface area contributed by atoms with Crippen LogP contribution in [-0.2, 0) is 6.42 Å². The molecule has 4 nitrogen and oxygen atoms in total. The van der Waals surface area contributed by atoms with Gasteiger partial charge in [0.05, 0.1) is 0 Å². The highest BCUT2D eigenvalue weighted by molar-refractivity contribution is 5.97. The third-order valence-corrected chi connectivity index (χ3v) is 3.59. The van der Waals surface area contributed by atoms with E-state index >= 15 is 0 Å². The lowest BCUT2D eigenvalue weighted by atomic mass is 10.0. The highest BCUT2D eigenvalue weighted by Gasteiger charge is 2.18. The Kier molecular flexibility index (Phi) is 4.77. The summed E-state index contributed by atoms with van der Waals surface area (Å²) >= 11 is 0. The largest absolute Gasteiger partial charge is 0.507 e. The molecule has 2 bridgehead atoms. The summed E-state index contributed by atoms with van der Waals surface area (Å²) in [6.45, 7) is 0. The number of aromatic hydroxyl groups is 1. The first-order valence-electron chi connectivity index (χ1n) is 7.07. The molecule has 4 heteroatoms. The van der Waals surface area contributed by atoms with E-state index in [2.05, 4.69) is 0 Å². The van der Waals surface area contributed by atoms with Crippen molar-refractivity contribution in [2.75, 3.05) is 0 Å². The van der Waals surface area contributed by atoms with Gasteiger partial charge in [0.25, 0.3) is 0 Å². The van der Waals surface area contributed by atoms with E-state index in [0.717, 1.165) is 32.1 Å². The van der Waals surface area contributed by atoms with Gasteiger partial charge in [-0.1, -0.05) is 32.1 Å². The van der Waals surface area contributed by atoms with E-state index in [1.54, 1.807) is 0 Å². The Morgan fingerprint density at radius 1 is 0.895 bits per heavy atom. The lowest BCUT2D eigenvalue weighted by Crippen LogP contribution is -2.15. The zero-order valence-electron chi connectivity index (χ0n) is 11.1. The van der Waals surface area contributed by atoms with Crippen molar-refractivity contribution in [2.24, 2.45) is 0 Å². The van der Waals surface area contributed by atoms with Gasteiger partial charge in [-0.25, -0.2) is 4.79 Å². The molecule has 0 saturated carbocycles. The van der Waals surface area contributed by atoms with E-state index in [-0.39, 0.29) is 17.1 Å². The predicted molar refractivity (Wildman–Crippen MR) is 71.6 cm³/mol. The molecule has 0 radical (unpaired) electrons. The number of fused-ring (bicyclic) bond motifs is 11. The molecule has 0 saturated heterocycles. The molecule has 1 N–H and O–H groups in total. The minimum Gasteiger partial charge on any atom is -0.507 e. The highest BCUT2D eigenvalue weighted by Crippen LogP contribution is 2.20. The number of aryl methyl sites for hydroxylation is 1. The van der Waals surface area contributed by atoms with E-state index in [9.17, 15) is 14.7 Å². The van der Waals surface area contributed by atoms with Crippen molar-refractivity contribution in [2.45, 2.75) is 57.8 Å². The summed E-state index contributed by atoms with van der Waals surface area (Å²) in [5.41, 5.74) is -0.877. The molecular weight excluding hydrogens is 244 g/mol. The van der Waals surface area contributed by atoms with Gasteiger partial charge in [0.15, 0.2) is 5.78 Å². The minimum absolute atomic E-state index is 0.180. The molecule has 2 aliphatic rings. The topological polar surface area (TPSA) is 67.5 Å². The Hall–Kier alpha value is -1.58. The predicted octanol–water partition coefficient (Wildman–Crippen LogP) is 3.21. The van der Waals surface area contributed by atoms with Crippen molar-refractivity contribution in [1.29, 1.82) is 0 Å². The van der Waals surface area contributed by atoms with E-state index in [1.807, 2.05) is 0 Å². The van der Waals surface area contributed by atoms with Crippen LogP contribution in [0.15, 0.2) is 15.3 Å². The molecule has 1 aliphatic carbocycles. The maximum absolute atomic E-state index is 11.9. The third-order valence-electron chi connectivity index (χ3n) is 3.59. The molecule has 0 atom stereocenters. The Balaban J connectivity index is 2.26. The van der Waals surface area contributed by atoms with Crippen molar-refractivity contribution in [3.05, 3.63) is 27.8 Å². The molecule has 2 heterocycles. The highest BCUT2D eigenvalue weighted by atomic mass is 16.4. The fourth-order valence-corrected chi connectivity index (χ4v) is 2.50. The Bertz CT molecular complexity index is 501. The van der Waals surface area contributed by atoms with Gasteiger partial charge in [-0.2, -0.15) is 0 Å². The third kappa shape index (κ3) is 3.69. The number of hydrogen-bond donors (Lipinski definition) is 1. The lowest BCUT2D eigenvalue weighted by Gasteiger charge is -2.07. The van der Waals surface area contributed by atoms with Crippen LogP contribution in [0, 0.1) is 0 Å². The van der Waals surface area contributed by atoms with Crippen LogP contribution in [0.1, 0.15) is 67.5 Å². The molecule has 0 fully saturated rings. The summed E-state index contributed by atoms with van der Waals surface area (Å²) in [5, 5.41) is 9.83. The second-order valence-electron chi connectivity index (χ2n) is 5.16. The Morgan fingerprint density at radius 2 is 1.47 bits per heavy atom. The minimum atomic E-state index is -0.697. The maximum Gasteiger partial charge on any atom is 0.350 e. The van der Waals surface area contributed by atoms with Crippen LogP contribution in [0.4, 0.5) is 0 Å². The van der Waals surface area contributed by atoms with Crippen molar-refractivity contribution in [3.63, 3.8) is 0 Å². The first-order valence-corrected chi connectivity index (χ1v) is 7.07. The van der Waals surface area contributed by atoms with Gasteiger partial charge in [0.2, 0.25) is 0 Å². The number of Topliss-reactive ketones (excluding diaryl/α,β-unsaturated/α-hetero) is 1. The number of carbonyl (C=O) groups is 1. The van der Waals surface area contributed by atoms with E-state index in [4.69, 9.17) is 4.42 Å². The van der Waals surface area contributed by atoms with Gasteiger partial charge in [0, 0.05) is 18.9 Å². The van der Waals surface area contributed by atoms with Gasteiger partial charge in [-0.05, 0) is 12.8 Å². The summed E-state index contributed by atoms with van der Waals surface area (Å²) < 4.78 is 5.12. The monoisotopic (exact) mass is 264 g/mol. The van der Waals surface area contributed by atoms with Crippen LogP contribution in [-0.4, -0.2) is 10.9 Å². The molecule has 0 spiro atoms. The normalized spacial score (nSPS) is 18.2. The summed E-state index contributed by atoms with van der Waals surface area (Å²) in [4.78, 5) is 23.7. The van der Waals surface area contributed by atoms with Gasteiger partial charge in [-0.15, -0.1) is 0 Å².